The van der Waals surface area contributed by atoms with E-state index in [1.165, 1.54) is 20.5 Å². The fourth-order valence-corrected chi connectivity index (χ4v) is 3.22. The van der Waals surface area contributed by atoms with E-state index in [0.717, 1.165) is 11.4 Å². The number of hydrogen-bond acceptors (Lipinski definition) is 3. The van der Waals surface area contributed by atoms with Gasteiger partial charge in [0.1, 0.15) is 0 Å². The summed E-state index contributed by atoms with van der Waals surface area (Å²) in [6, 6.07) is 11.7. The van der Waals surface area contributed by atoms with Gasteiger partial charge in [-0.05, 0) is 23.5 Å². The summed E-state index contributed by atoms with van der Waals surface area (Å²) in [6.45, 7) is 8.50. The SMILES string of the molecule is CC(C)c1c(Cc2ccccc2)nn(C(=O)n2cccn2)c1C(C)C. The van der Waals surface area contributed by atoms with E-state index >= 15 is 0 Å². The molecule has 0 saturated heterocycles. The van der Waals surface area contributed by atoms with Crippen LogP contribution in [-0.2, 0) is 6.42 Å². The molecule has 0 saturated carbocycles. The predicted molar refractivity (Wildman–Crippen MR) is 98.1 cm³/mol. The lowest BCUT2D eigenvalue weighted by Gasteiger charge is -2.14. The molecule has 5 nitrogen and oxygen atoms in total. The summed E-state index contributed by atoms with van der Waals surface area (Å²) < 4.78 is 2.86. The Hall–Kier alpha value is -2.69. The quantitative estimate of drug-likeness (QED) is 0.708. The Labute approximate surface area is 148 Å². The zero-order valence-corrected chi connectivity index (χ0v) is 15.2. The lowest BCUT2D eigenvalue weighted by Crippen LogP contribution is -2.24. The molecule has 0 aliphatic carbocycles. The Bertz CT molecular complexity index is 845. The van der Waals surface area contributed by atoms with Gasteiger partial charge in [-0.2, -0.15) is 19.6 Å². The molecule has 2 aromatic heterocycles. The van der Waals surface area contributed by atoms with E-state index in [2.05, 4.69) is 44.9 Å². The maximum atomic E-state index is 12.9. The van der Waals surface area contributed by atoms with Crippen molar-refractivity contribution in [2.24, 2.45) is 0 Å². The van der Waals surface area contributed by atoms with E-state index in [-0.39, 0.29) is 17.9 Å². The van der Waals surface area contributed by atoms with Gasteiger partial charge in [-0.1, -0.05) is 58.0 Å². The Kier molecular flexibility index (Phi) is 4.83. The van der Waals surface area contributed by atoms with Crippen molar-refractivity contribution in [1.82, 2.24) is 19.6 Å². The van der Waals surface area contributed by atoms with Crippen LogP contribution in [0, 0.1) is 0 Å². The topological polar surface area (TPSA) is 52.7 Å². The summed E-state index contributed by atoms with van der Waals surface area (Å²) in [5.41, 5.74) is 4.29. The number of rotatable bonds is 4. The maximum Gasteiger partial charge on any atom is 0.369 e. The maximum absolute atomic E-state index is 12.9. The summed E-state index contributed by atoms with van der Waals surface area (Å²) in [5.74, 6) is 0.476. The van der Waals surface area contributed by atoms with Gasteiger partial charge < -0.3 is 0 Å². The Morgan fingerprint density at radius 2 is 1.76 bits per heavy atom. The number of benzene rings is 1. The summed E-state index contributed by atoms with van der Waals surface area (Å²) in [7, 11) is 0. The average molecular weight is 336 g/mol. The molecule has 0 fully saturated rings. The Morgan fingerprint density at radius 1 is 1.04 bits per heavy atom. The minimum Gasteiger partial charge on any atom is -0.244 e. The standard InChI is InChI=1S/C20H24N4O/c1-14(2)18-17(13-16-9-6-5-7-10-16)22-24(19(18)15(3)4)20(25)23-12-8-11-21-23/h5-12,14-15H,13H2,1-4H3. The number of aromatic nitrogens is 4. The van der Waals surface area contributed by atoms with E-state index in [1.807, 2.05) is 18.2 Å². The van der Waals surface area contributed by atoms with Crippen molar-refractivity contribution in [2.75, 3.05) is 0 Å². The van der Waals surface area contributed by atoms with Crippen LogP contribution in [0.3, 0.4) is 0 Å². The van der Waals surface area contributed by atoms with E-state index in [0.29, 0.717) is 6.42 Å². The van der Waals surface area contributed by atoms with Crippen molar-refractivity contribution in [3.8, 4) is 0 Å². The molecule has 0 bridgehead atoms. The van der Waals surface area contributed by atoms with Gasteiger partial charge in [0.05, 0.1) is 11.4 Å². The van der Waals surface area contributed by atoms with Gasteiger partial charge in [-0.25, -0.2) is 4.79 Å². The average Bonchev–Trinajstić information content (AvgIpc) is 3.23. The molecule has 0 aliphatic heterocycles. The summed E-state index contributed by atoms with van der Waals surface area (Å²) in [5, 5.41) is 8.78. The molecule has 0 N–H and O–H groups in total. The third-order valence-electron chi connectivity index (χ3n) is 4.26. The lowest BCUT2D eigenvalue weighted by molar-refractivity contribution is 0.237. The second-order valence-corrected chi connectivity index (χ2v) is 6.86. The molecule has 2 heterocycles. The van der Waals surface area contributed by atoms with Gasteiger partial charge in [0.15, 0.2) is 0 Å². The number of carbonyl (C=O) groups excluding carboxylic acids is 1. The monoisotopic (exact) mass is 336 g/mol. The lowest BCUT2D eigenvalue weighted by atomic mass is 9.92. The van der Waals surface area contributed by atoms with Gasteiger partial charge in [-0.3, -0.25) is 0 Å². The number of carbonyl (C=O) groups is 1. The Morgan fingerprint density at radius 3 is 2.32 bits per heavy atom. The predicted octanol–water partition coefficient (Wildman–Crippen LogP) is 4.43. The van der Waals surface area contributed by atoms with Crippen molar-refractivity contribution in [2.45, 2.75) is 46.0 Å². The highest BCUT2D eigenvalue weighted by Crippen LogP contribution is 2.31. The fourth-order valence-electron chi connectivity index (χ4n) is 3.22. The summed E-state index contributed by atoms with van der Waals surface area (Å²) >= 11 is 0. The van der Waals surface area contributed by atoms with Crippen LogP contribution >= 0.6 is 0 Å². The van der Waals surface area contributed by atoms with Crippen molar-refractivity contribution < 1.29 is 4.79 Å². The molecular weight excluding hydrogens is 312 g/mol. The molecule has 0 aliphatic rings. The summed E-state index contributed by atoms with van der Waals surface area (Å²) in [6.07, 6.45) is 3.97. The molecule has 5 heteroatoms. The van der Waals surface area contributed by atoms with Crippen LogP contribution in [0.4, 0.5) is 4.79 Å². The minimum absolute atomic E-state index is 0.189. The third-order valence-corrected chi connectivity index (χ3v) is 4.26. The van der Waals surface area contributed by atoms with Gasteiger partial charge in [0, 0.05) is 24.4 Å². The van der Waals surface area contributed by atoms with E-state index < -0.39 is 0 Å². The molecule has 0 unspecified atom stereocenters. The highest BCUT2D eigenvalue weighted by atomic mass is 16.2. The highest BCUT2D eigenvalue weighted by Gasteiger charge is 2.26. The normalized spacial score (nSPS) is 11.4. The van der Waals surface area contributed by atoms with E-state index in [4.69, 9.17) is 5.10 Å². The number of hydrogen-bond donors (Lipinski definition) is 0. The largest absolute Gasteiger partial charge is 0.369 e. The van der Waals surface area contributed by atoms with Crippen LogP contribution < -0.4 is 0 Å². The zero-order valence-electron chi connectivity index (χ0n) is 15.2. The molecule has 3 rings (SSSR count). The molecule has 25 heavy (non-hydrogen) atoms. The van der Waals surface area contributed by atoms with Crippen LogP contribution in [0.1, 0.15) is 62.0 Å². The molecule has 0 atom stereocenters. The van der Waals surface area contributed by atoms with Gasteiger partial charge in [0.25, 0.3) is 0 Å². The smallest absolute Gasteiger partial charge is 0.244 e. The second-order valence-electron chi connectivity index (χ2n) is 6.86. The third kappa shape index (κ3) is 3.40. The highest BCUT2D eigenvalue weighted by molar-refractivity contribution is 5.78. The van der Waals surface area contributed by atoms with Crippen molar-refractivity contribution in [1.29, 1.82) is 0 Å². The van der Waals surface area contributed by atoms with Crippen LogP contribution in [0.15, 0.2) is 48.8 Å². The second kappa shape index (κ2) is 7.05. The van der Waals surface area contributed by atoms with Crippen molar-refractivity contribution >= 4 is 6.03 Å². The zero-order chi connectivity index (χ0) is 18.0. The molecule has 0 radical (unpaired) electrons. The van der Waals surface area contributed by atoms with Crippen LogP contribution in [0.25, 0.3) is 0 Å². The Balaban J connectivity index is 2.12. The van der Waals surface area contributed by atoms with Gasteiger partial charge >= 0.3 is 6.03 Å². The molecule has 0 amide bonds. The molecule has 1 aromatic carbocycles. The molecule has 3 aromatic rings. The van der Waals surface area contributed by atoms with Gasteiger partial charge in [-0.15, -0.1) is 0 Å². The minimum atomic E-state index is -0.241. The molecule has 0 spiro atoms. The molecule has 130 valence electrons. The van der Waals surface area contributed by atoms with Crippen LogP contribution in [0.2, 0.25) is 0 Å². The first-order valence-electron chi connectivity index (χ1n) is 8.69. The molecular formula is C20H24N4O. The first kappa shape index (κ1) is 17.1. The van der Waals surface area contributed by atoms with Crippen molar-refractivity contribution in [3.63, 3.8) is 0 Å². The first-order valence-corrected chi connectivity index (χ1v) is 8.69. The number of nitrogens with zero attached hydrogens (tertiary/aromatic N) is 4. The van der Waals surface area contributed by atoms with Crippen LogP contribution in [-0.4, -0.2) is 25.6 Å². The van der Waals surface area contributed by atoms with Crippen LogP contribution in [0.5, 0.6) is 0 Å². The first-order chi connectivity index (χ1) is 12.0. The van der Waals surface area contributed by atoms with Crippen molar-refractivity contribution in [3.05, 3.63) is 71.3 Å². The summed E-state index contributed by atoms with van der Waals surface area (Å²) in [4.78, 5) is 12.9. The van der Waals surface area contributed by atoms with E-state index in [1.54, 1.807) is 18.5 Å². The van der Waals surface area contributed by atoms with E-state index in [9.17, 15) is 4.79 Å². The fraction of sp³-hybridized carbons (Fsp3) is 0.350. The van der Waals surface area contributed by atoms with Gasteiger partial charge in [0.2, 0.25) is 0 Å².